The minimum absolute atomic E-state index is 0.399. The van der Waals surface area contributed by atoms with Gasteiger partial charge in [0, 0.05) is 4.57 Å². The molecule has 22 heavy (non-hydrogen) atoms. The molecule has 1 N–H and O–H groups in total. The van der Waals surface area contributed by atoms with Crippen molar-refractivity contribution in [3.8, 4) is 0 Å². The van der Waals surface area contributed by atoms with E-state index < -0.39 is 8.25 Å². The maximum absolute atomic E-state index is 10.3. The Bertz CT molecular complexity index is 335. The zero-order valence-electron chi connectivity index (χ0n) is 14.0. The van der Waals surface area contributed by atoms with Gasteiger partial charge in [0.2, 0.25) is 0 Å². The Morgan fingerprint density at radius 2 is 1.36 bits per heavy atom. The summed E-state index contributed by atoms with van der Waals surface area (Å²) in [6, 6.07) is 0. The summed E-state index contributed by atoms with van der Waals surface area (Å²) in [4.78, 5) is 8.45. The Kier molecular flexibility index (Phi) is 17.7. The molecule has 3 nitrogen and oxygen atoms in total. The molecule has 4 heteroatoms. The molecule has 0 rings (SSSR count). The van der Waals surface area contributed by atoms with Crippen LogP contribution in [0.5, 0.6) is 0 Å². The zero-order valence-corrected chi connectivity index (χ0v) is 14.8. The monoisotopic (exact) mass is 327 g/mol. The predicted octanol–water partition coefficient (Wildman–Crippen LogP) is 6.24. The molecule has 0 aliphatic rings. The molecule has 0 amide bonds. The minimum Gasteiger partial charge on any atom is -0.133 e. The van der Waals surface area contributed by atoms with Crippen LogP contribution in [0.1, 0.15) is 71.1 Å². The Labute approximate surface area is 137 Å². The Morgan fingerprint density at radius 1 is 0.818 bits per heavy atom. The molecule has 1 atom stereocenters. The predicted molar refractivity (Wildman–Crippen MR) is 95.0 cm³/mol. The summed E-state index contributed by atoms with van der Waals surface area (Å²) in [5, 5.41) is 0. The molecule has 0 bridgehead atoms. The van der Waals surface area contributed by atoms with Gasteiger partial charge in [-0.25, -0.2) is 0 Å². The highest BCUT2D eigenvalue weighted by molar-refractivity contribution is 7.32. The summed E-state index contributed by atoms with van der Waals surface area (Å²) in [7, 11) is -2.41. The van der Waals surface area contributed by atoms with Gasteiger partial charge in [0.1, 0.15) is 6.61 Å². The molecular formula is C18H32O3P+. The molecule has 126 valence electrons. The van der Waals surface area contributed by atoms with Crippen molar-refractivity contribution >= 4 is 8.25 Å². The molecule has 0 fully saturated rings. The smallest absolute Gasteiger partial charge is 0.133 e. The summed E-state index contributed by atoms with van der Waals surface area (Å²) in [6.45, 7) is 2.55. The second kappa shape index (κ2) is 18.3. The van der Waals surface area contributed by atoms with Gasteiger partial charge in [0.05, 0.1) is 0 Å². The third-order valence-corrected chi connectivity index (χ3v) is 3.65. The second-order valence-electron chi connectivity index (χ2n) is 5.27. The summed E-state index contributed by atoms with van der Waals surface area (Å²) in [5.41, 5.74) is 0. The van der Waals surface area contributed by atoms with Crippen molar-refractivity contribution in [2.24, 2.45) is 0 Å². The number of unbranched alkanes of at least 4 members (excludes halogenated alkanes) is 6. The topological polar surface area (TPSA) is 46.5 Å². The fourth-order valence-corrected chi connectivity index (χ4v) is 2.33. The first-order chi connectivity index (χ1) is 10.8. The van der Waals surface area contributed by atoms with Gasteiger partial charge in [-0.15, -0.1) is 9.42 Å². The van der Waals surface area contributed by atoms with E-state index in [1.807, 2.05) is 0 Å². The largest absolute Gasteiger partial charge is 0.694 e. The highest BCUT2D eigenvalue weighted by atomic mass is 31.1. The summed E-state index contributed by atoms with van der Waals surface area (Å²) in [5.74, 6) is 0. The van der Waals surface area contributed by atoms with E-state index in [-0.39, 0.29) is 0 Å². The van der Waals surface area contributed by atoms with E-state index in [0.29, 0.717) is 6.61 Å². The highest BCUT2D eigenvalue weighted by Crippen LogP contribution is 2.15. The standard InChI is InChI=1S/C18H31O3P/c1-2-3-4-5-6-7-8-9-10-11-12-13-14-15-16-17-18-21-22(19)20/h3-4,6-7,9-10H,2,5,8,11-18H2,1H3/p+1/b4-3-,7-6-,10-9-. The third-order valence-electron chi connectivity index (χ3n) is 3.25. The molecule has 0 saturated carbocycles. The fraction of sp³-hybridized carbons (Fsp3) is 0.667. The first kappa shape index (κ1) is 21.2. The lowest BCUT2D eigenvalue weighted by atomic mass is 10.1. The van der Waals surface area contributed by atoms with Crippen LogP contribution in [-0.4, -0.2) is 11.5 Å². The van der Waals surface area contributed by atoms with Crippen LogP contribution >= 0.6 is 8.25 Å². The van der Waals surface area contributed by atoms with Gasteiger partial charge in [0.15, 0.2) is 0 Å². The van der Waals surface area contributed by atoms with Crippen molar-refractivity contribution in [2.45, 2.75) is 71.1 Å². The van der Waals surface area contributed by atoms with E-state index in [1.54, 1.807) is 0 Å². The van der Waals surface area contributed by atoms with Crippen LogP contribution in [0.2, 0.25) is 0 Å². The van der Waals surface area contributed by atoms with Gasteiger partial charge in [-0.3, -0.25) is 0 Å². The van der Waals surface area contributed by atoms with Crippen LogP contribution in [-0.2, 0) is 9.09 Å². The van der Waals surface area contributed by atoms with Crippen LogP contribution in [0.25, 0.3) is 0 Å². The average Bonchev–Trinajstić information content (AvgIpc) is 2.50. The maximum Gasteiger partial charge on any atom is 0.694 e. The number of allylic oxidation sites excluding steroid dienone is 6. The van der Waals surface area contributed by atoms with Crippen molar-refractivity contribution in [3.63, 3.8) is 0 Å². The highest BCUT2D eigenvalue weighted by Gasteiger charge is 2.09. The van der Waals surface area contributed by atoms with Gasteiger partial charge in [-0.05, 0) is 38.5 Å². The molecule has 0 aliphatic heterocycles. The average molecular weight is 327 g/mol. The van der Waals surface area contributed by atoms with Gasteiger partial charge in [0.25, 0.3) is 0 Å². The van der Waals surface area contributed by atoms with Gasteiger partial charge in [-0.2, -0.15) is 0 Å². The minimum atomic E-state index is -2.41. The molecule has 0 saturated heterocycles. The van der Waals surface area contributed by atoms with E-state index in [4.69, 9.17) is 4.89 Å². The van der Waals surface area contributed by atoms with Crippen molar-refractivity contribution < 1.29 is 14.0 Å². The summed E-state index contributed by atoms with van der Waals surface area (Å²) < 4.78 is 14.9. The van der Waals surface area contributed by atoms with Gasteiger partial charge < -0.3 is 0 Å². The van der Waals surface area contributed by atoms with Crippen molar-refractivity contribution in [2.75, 3.05) is 6.61 Å². The Balaban J connectivity index is 3.20. The first-order valence-electron chi connectivity index (χ1n) is 8.51. The lowest BCUT2D eigenvalue weighted by Crippen LogP contribution is -1.87. The number of rotatable bonds is 15. The Hall–Kier alpha value is -0.760. The van der Waals surface area contributed by atoms with E-state index in [2.05, 4.69) is 47.9 Å². The fourth-order valence-electron chi connectivity index (χ4n) is 2.04. The molecule has 0 aromatic carbocycles. The Morgan fingerprint density at radius 3 is 2.00 bits per heavy atom. The molecule has 0 aromatic heterocycles. The van der Waals surface area contributed by atoms with Crippen LogP contribution < -0.4 is 0 Å². The normalized spacial score (nSPS) is 12.9. The lowest BCUT2D eigenvalue weighted by molar-refractivity contribution is 0.273. The first-order valence-corrected chi connectivity index (χ1v) is 9.64. The van der Waals surface area contributed by atoms with Crippen LogP contribution in [0.15, 0.2) is 36.5 Å². The molecular weight excluding hydrogens is 295 g/mol. The van der Waals surface area contributed by atoms with E-state index in [9.17, 15) is 4.57 Å². The number of hydrogen-bond donors (Lipinski definition) is 1. The maximum atomic E-state index is 10.3. The van der Waals surface area contributed by atoms with Crippen LogP contribution in [0.3, 0.4) is 0 Å². The molecule has 0 aliphatic carbocycles. The van der Waals surface area contributed by atoms with E-state index in [1.165, 1.54) is 25.7 Å². The lowest BCUT2D eigenvalue weighted by Gasteiger charge is -1.98. The second-order valence-corrected chi connectivity index (χ2v) is 6.01. The molecule has 1 unspecified atom stereocenters. The van der Waals surface area contributed by atoms with Crippen LogP contribution in [0.4, 0.5) is 0 Å². The summed E-state index contributed by atoms with van der Waals surface area (Å²) >= 11 is 0. The summed E-state index contributed by atoms with van der Waals surface area (Å²) in [6.07, 6.45) is 24.6. The van der Waals surface area contributed by atoms with Gasteiger partial charge in [-0.1, -0.05) is 69.1 Å². The van der Waals surface area contributed by atoms with Crippen molar-refractivity contribution in [1.82, 2.24) is 0 Å². The molecule has 0 radical (unpaired) electrons. The van der Waals surface area contributed by atoms with Crippen molar-refractivity contribution in [3.05, 3.63) is 36.5 Å². The SMILES string of the molecule is CC/C=C\C/C=C\C/C=C\CCCCCCCCO[P+](=O)O. The number of hydrogen-bond acceptors (Lipinski definition) is 2. The van der Waals surface area contributed by atoms with E-state index >= 15 is 0 Å². The zero-order chi connectivity index (χ0) is 16.3. The molecule has 0 heterocycles. The van der Waals surface area contributed by atoms with Gasteiger partial charge >= 0.3 is 8.25 Å². The van der Waals surface area contributed by atoms with Crippen LogP contribution in [0, 0.1) is 0 Å². The molecule has 0 spiro atoms. The van der Waals surface area contributed by atoms with Crippen molar-refractivity contribution in [1.29, 1.82) is 0 Å². The molecule has 0 aromatic rings. The van der Waals surface area contributed by atoms with E-state index in [0.717, 1.165) is 38.5 Å². The quantitative estimate of drug-likeness (QED) is 0.220. The third kappa shape index (κ3) is 19.2.